The summed E-state index contributed by atoms with van der Waals surface area (Å²) in [6.45, 7) is 0. The number of thiocarbonyl (C=S) groups is 1. The molecule has 0 aliphatic carbocycles. The van der Waals surface area contributed by atoms with E-state index in [4.69, 9.17) is 4.74 Å². The highest BCUT2D eigenvalue weighted by atomic mass is 32.1. The second kappa shape index (κ2) is 6.68. The lowest BCUT2D eigenvalue weighted by molar-refractivity contribution is 0.0695. The van der Waals surface area contributed by atoms with Gasteiger partial charge in [-0.15, -0.1) is 0 Å². The van der Waals surface area contributed by atoms with Gasteiger partial charge in [0, 0.05) is 23.1 Å². The predicted molar refractivity (Wildman–Crippen MR) is 104 cm³/mol. The maximum atomic E-state index is 11.9. The summed E-state index contributed by atoms with van der Waals surface area (Å²) in [6, 6.07) is 17.2. The highest BCUT2D eigenvalue weighted by Gasteiger charge is 2.31. The number of aromatic hydroxyl groups is 1. The molecule has 4 rings (SSSR count). The number of benzene rings is 3. The first-order valence-electron chi connectivity index (χ1n) is 8.13. The fourth-order valence-corrected chi connectivity index (χ4v) is 3.49. The topological polar surface area (TPSA) is 79.1 Å². The molecule has 1 aliphatic rings. The Morgan fingerprint density at radius 2 is 1.74 bits per heavy atom. The second-order valence-corrected chi connectivity index (χ2v) is 6.26. The van der Waals surface area contributed by atoms with Crippen molar-refractivity contribution >= 4 is 29.0 Å². The number of nitrogens with zero attached hydrogens (tertiary/aromatic N) is 1. The van der Waals surface area contributed by atoms with Crippen LogP contribution in [0, 0.1) is 0 Å². The number of aliphatic imine (C=N–C) groups is 1. The molecule has 1 heterocycles. The number of hydrogen-bond donors (Lipinski definition) is 2. The molecule has 1 atom stereocenters. The number of rotatable bonds is 3. The summed E-state index contributed by atoms with van der Waals surface area (Å²) in [6.07, 6.45) is 0. The number of fused-ring (bicyclic) bond motifs is 2. The van der Waals surface area contributed by atoms with Crippen molar-refractivity contribution in [2.75, 3.05) is 0 Å². The molecule has 1 aliphatic heterocycles. The molecule has 5 nitrogen and oxygen atoms in total. The number of aromatic carboxylic acids is 1. The van der Waals surface area contributed by atoms with E-state index in [1.165, 1.54) is 12.1 Å². The van der Waals surface area contributed by atoms with E-state index in [9.17, 15) is 15.0 Å². The van der Waals surface area contributed by atoms with Crippen LogP contribution in [0.3, 0.4) is 0 Å². The van der Waals surface area contributed by atoms with Crippen LogP contribution in [0.25, 0.3) is 0 Å². The van der Waals surface area contributed by atoms with Gasteiger partial charge in [0.15, 0.2) is 0 Å². The van der Waals surface area contributed by atoms with Gasteiger partial charge in [0.05, 0.1) is 16.4 Å². The fourth-order valence-electron chi connectivity index (χ4n) is 3.39. The van der Waals surface area contributed by atoms with Crippen LogP contribution in [0.2, 0.25) is 0 Å². The van der Waals surface area contributed by atoms with Crippen LogP contribution < -0.4 is 4.74 Å². The van der Waals surface area contributed by atoms with E-state index >= 15 is 0 Å². The number of phenolic OH excluding ortho intramolecular Hbond substituents is 1. The van der Waals surface area contributed by atoms with E-state index in [1.807, 2.05) is 24.3 Å². The molecule has 27 heavy (non-hydrogen) atoms. The lowest BCUT2D eigenvalue weighted by Crippen LogP contribution is -2.15. The molecular weight excluding hydrogens is 362 g/mol. The number of ether oxygens (including phenoxy) is 1. The Hall–Kier alpha value is -3.47. The van der Waals surface area contributed by atoms with Crippen LogP contribution in [0.4, 0.5) is 5.69 Å². The highest BCUT2D eigenvalue weighted by molar-refractivity contribution is 7.78. The summed E-state index contributed by atoms with van der Waals surface area (Å²) >= 11 is 4.61. The average Bonchev–Trinajstić information content (AvgIpc) is 2.66. The van der Waals surface area contributed by atoms with Crippen molar-refractivity contribution in [3.8, 4) is 17.2 Å². The molecule has 3 aromatic carbocycles. The molecule has 0 spiro atoms. The van der Waals surface area contributed by atoms with Crippen LogP contribution in [0.5, 0.6) is 17.2 Å². The van der Waals surface area contributed by atoms with Crippen molar-refractivity contribution in [3.05, 3.63) is 82.9 Å². The van der Waals surface area contributed by atoms with Gasteiger partial charge in [-0.1, -0.05) is 30.3 Å². The number of carboxylic acids is 1. The minimum atomic E-state index is -1.06. The van der Waals surface area contributed by atoms with Gasteiger partial charge in [-0.2, -0.15) is 4.99 Å². The summed E-state index contributed by atoms with van der Waals surface area (Å²) in [5.74, 6) is -0.220. The zero-order valence-corrected chi connectivity index (χ0v) is 14.7. The Bertz CT molecular complexity index is 1120. The summed E-state index contributed by atoms with van der Waals surface area (Å²) in [4.78, 5) is 15.8. The van der Waals surface area contributed by atoms with Crippen LogP contribution in [-0.4, -0.2) is 21.3 Å². The maximum Gasteiger partial charge on any atom is 0.336 e. The SMILES string of the molecule is O=C(O)c1cc(N=C=S)ccc1C1c2ccccc2Oc2cc(O)ccc21. The van der Waals surface area contributed by atoms with Gasteiger partial charge in [0.1, 0.15) is 17.2 Å². The Labute approximate surface area is 160 Å². The summed E-state index contributed by atoms with van der Waals surface area (Å²) in [7, 11) is 0. The van der Waals surface area contributed by atoms with Crippen molar-refractivity contribution < 1.29 is 19.7 Å². The Morgan fingerprint density at radius 1 is 1.00 bits per heavy atom. The van der Waals surface area contributed by atoms with Crippen LogP contribution in [0.1, 0.15) is 33.0 Å². The lowest BCUT2D eigenvalue weighted by Gasteiger charge is -2.29. The largest absolute Gasteiger partial charge is 0.508 e. The predicted octanol–water partition coefficient (Wildman–Crippen LogP) is 5.11. The molecule has 1 unspecified atom stereocenters. The zero-order valence-electron chi connectivity index (χ0n) is 13.9. The van der Waals surface area contributed by atoms with E-state index < -0.39 is 5.97 Å². The molecule has 2 N–H and O–H groups in total. The van der Waals surface area contributed by atoms with E-state index in [0.29, 0.717) is 22.7 Å². The van der Waals surface area contributed by atoms with Gasteiger partial charge >= 0.3 is 5.97 Å². The standard InChI is InChI=1S/C21H13NO4S/c23-13-6-8-16-19(10-13)26-18-4-2-1-3-15(18)20(16)14-7-5-12(22-11-27)9-17(14)21(24)25/h1-10,20,23H,(H,24,25). The molecule has 0 saturated carbocycles. The van der Waals surface area contributed by atoms with Crippen LogP contribution in [0.15, 0.2) is 65.7 Å². The number of carboxylic acid groups (broad SMARTS) is 1. The van der Waals surface area contributed by atoms with E-state index in [0.717, 1.165) is 11.1 Å². The Kier molecular flexibility index (Phi) is 4.20. The Morgan fingerprint density at radius 3 is 2.52 bits per heavy atom. The van der Waals surface area contributed by atoms with E-state index in [2.05, 4.69) is 22.4 Å². The quantitative estimate of drug-likeness (QED) is 0.384. The Balaban J connectivity index is 1.99. The van der Waals surface area contributed by atoms with Crippen molar-refractivity contribution in [2.45, 2.75) is 5.92 Å². The first-order valence-corrected chi connectivity index (χ1v) is 8.54. The molecule has 0 amide bonds. The van der Waals surface area contributed by atoms with Gasteiger partial charge in [-0.3, -0.25) is 0 Å². The van der Waals surface area contributed by atoms with Crippen molar-refractivity contribution in [1.82, 2.24) is 0 Å². The first-order chi connectivity index (χ1) is 13.1. The zero-order chi connectivity index (χ0) is 19.0. The summed E-state index contributed by atoms with van der Waals surface area (Å²) < 4.78 is 5.92. The summed E-state index contributed by atoms with van der Waals surface area (Å²) in [5, 5.41) is 21.9. The molecule has 0 bridgehead atoms. The number of para-hydroxylation sites is 1. The first kappa shape index (κ1) is 17.0. The van der Waals surface area contributed by atoms with Crippen molar-refractivity contribution in [3.63, 3.8) is 0 Å². The monoisotopic (exact) mass is 375 g/mol. The molecular formula is C21H13NO4S. The molecule has 0 fully saturated rings. The number of phenols is 1. The molecule has 0 saturated heterocycles. The van der Waals surface area contributed by atoms with E-state index in [1.54, 1.807) is 24.3 Å². The van der Waals surface area contributed by atoms with Gasteiger partial charge in [-0.25, -0.2) is 4.79 Å². The van der Waals surface area contributed by atoms with Crippen LogP contribution in [-0.2, 0) is 0 Å². The third kappa shape index (κ3) is 2.97. The third-order valence-corrected chi connectivity index (χ3v) is 4.60. The van der Waals surface area contributed by atoms with Crippen LogP contribution >= 0.6 is 12.2 Å². The lowest BCUT2D eigenvalue weighted by atomic mass is 9.80. The van der Waals surface area contributed by atoms with Gasteiger partial charge in [-0.05, 0) is 42.0 Å². The normalized spacial score (nSPS) is 14.3. The molecule has 0 aromatic heterocycles. The highest BCUT2D eigenvalue weighted by Crippen LogP contribution is 2.49. The number of carbonyl (C=O) groups is 1. The molecule has 3 aromatic rings. The van der Waals surface area contributed by atoms with Crippen molar-refractivity contribution in [1.29, 1.82) is 0 Å². The summed E-state index contributed by atoms with van der Waals surface area (Å²) in [5.41, 5.74) is 2.79. The van der Waals surface area contributed by atoms with E-state index in [-0.39, 0.29) is 17.2 Å². The minimum Gasteiger partial charge on any atom is -0.508 e. The number of hydrogen-bond acceptors (Lipinski definition) is 5. The average molecular weight is 375 g/mol. The van der Waals surface area contributed by atoms with Crippen molar-refractivity contribution in [2.24, 2.45) is 4.99 Å². The number of isothiocyanates is 1. The smallest absolute Gasteiger partial charge is 0.336 e. The minimum absolute atomic E-state index is 0.0796. The van der Waals surface area contributed by atoms with Gasteiger partial charge in [0.2, 0.25) is 0 Å². The third-order valence-electron chi connectivity index (χ3n) is 4.51. The second-order valence-electron chi connectivity index (χ2n) is 6.07. The van der Waals surface area contributed by atoms with Gasteiger partial charge in [0.25, 0.3) is 0 Å². The molecule has 0 radical (unpaired) electrons. The molecule has 132 valence electrons. The maximum absolute atomic E-state index is 11.9. The fraction of sp³-hybridized carbons (Fsp3) is 0.0476. The van der Waals surface area contributed by atoms with Gasteiger partial charge < -0.3 is 14.9 Å². The molecule has 6 heteroatoms.